The largest absolute Gasteiger partial charge is 0.465 e. The van der Waals surface area contributed by atoms with E-state index in [9.17, 15) is 9.90 Å². The van der Waals surface area contributed by atoms with E-state index in [0.717, 1.165) is 13.0 Å². The van der Waals surface area contributed by atoms with Crippen LogP contribution in [0.2, 0.25) is 0 Å². The average molecular weight is 173 g/mol. The van der Waals surface area contributed by atoms with E-state index in [0.29, 0.717) is 13.0 Å². The molecule has 1 heterocycles. The molecule has 70 valence electrons. The van der Waals surface area contributed by atoms with Gasteiger partial charge in [0.2, 0.25) is 0 Å². The maximum atomic E-state index is 11.2. The Balaban J connectivity index is 2.42. The number of hydrogen-bond acceptors (Lipinski definition) is 4. The van der Waals surface area contributed by atoms with Gasteiger partial charge in [-0.3, -0.25) is 4.79 Å². The SMILES string of the molecule is CCOC(=O)[C@@H]1NCCC[C@@H]1O. The molecule has 0 spiro atoms. The van der Waals surface area contributed by atoms with Gasteiger partial charge in [-0.15, -0.1) is 0 Å². The van der Waals surface area contributed by atoms with Gasteiger partial charge in [0.25, 0.3) is 0 Å². The summed E-state index contributed by atoms with van der Waals surface area (Å²) in [5, 5.41) is 12.3. The van der Waals surface area contributed by atoms with Crippen molar-refractivity contribution in [1.82, 2.24) is 5.32 Å². The van der Waals surface area contributed by atoms with Gasteiger partial charge in [0.15, 0.2) is 0 Å². The fourth-order valence-electron chi connectivity index (χ4n) is 1.34. The smallest absolute Gasteiger partial charge is 0.325 e. The molecule has 0 bridgehead atoms. The Bertz CT molecular complexity index is 160. The second-order valence-corrected chi connectivity index (χ2v) is 2.89. The Morgan fingerprint density at radius 3 is 3.08 bits per heavy atom. The summed E-state index contributed by atoms with van der Waals surface area (Å²) in [6.45, 7) is 2.90. The maximum Gasteiger partial charge on any atom is 0.325 e. The van der Waals surface area contributed by atoms with Gasteiger partial charge < -0.3 is 15.2 Å². The van der Waals surface area contributed by atoms with Gasteiger partial charge in [-0.2, -0.15) is 0 Å². The normalized spacial score (nSPS) is 29.8. The standard InChI is InChI=1S/C8H15NO3/c1-2-12-8(11)7-6(10)4-3-5-9-7/h6-7,9-10H,2-5H2,1H3/t6-,7+/m0/s1. The van der Waals surface area contributed by atoms with Gasteiger partial charge in [0.1, 0.15) is 6.04 Å². The van der Waals surface area contributed by atoms with Crippen LogP contribution in [0, 0.1) is 0 Å². The zero-order valence-electron chi connectivity index (χ0n) is 7.25. The van der Waals surface area contributed by atoms with Crippen LogP contribution < -0.4 is 5.32 Å². The highest BCUT2D eigenvalue weighted by Gasteiger charge is 2.29. The average Bonchev–Trinajstić information content (AvgIpc) is 2.05. The number of rotatable bonds is 2. The Hall–Kier alpha value is -0.610. The highest BCUT2D eigenvalue weighted by atomic mass is 16.5. The van der Waals surface area contributed by atoms with Crippen molar-refractivity contribution in [1.29, 1.82) is 0 Å². The summed E-state index contributed by atoms with van der Waals surface area (Å²) >= 11 is 0. The molecule has 1 fully saturated rings. The Morgan fingerprint density at radius 2 is 2.50 bits per heavy atom. The molecule has 1 saturated heterocycles. The number of aliphatic hydroxyl groups excluding tert-OH is 1. The van der Waals surface area contributed by atoms with Crippen LogP contribution in [-0.4, -0.2) is 36.4 Å². The van der Waals surface area contributed by atoms with Crippen molar-refractivity contribution < 1.29 is 14.6 Å². The van der Waals surface area contributed by atoms with Crippen molar-refractivity contribution in [3.8, 4) is 0 Å². The molecule has 0 unspecified atom stereocenters. The monoisotopic (exact) mass is 173 g/mol. The minimum Gasteiger partial charge on any atom is -0.465 e. The third-order valence-electron chi connectivity index (χ3n) is 1.97. The second kappa shape index (κ2) is 4.42. The van der Waals surface area contributed by atoms with Gasteiger partial charge in [-0.1, -0.05) is 0 Å². The lowest BCUT2D eigenvalue weighted by Crippen LogP contribution is -2.50. The lowest BCUT2D eigenvalue weighted by atomic mass is 10.0. The topological polar surface area (TPSA) is 58.6 Å². The van der Waals surface area contributed by atoms with Crippen LogP contribution in [0.25, 0.3) is 0 Å². The fraction of sp³-hybridized carbons (Fsp3) is 0.875. The van der Waals surface area contributed by atoms with Crippen molar-refractivity contribution in [2.45, 2.75) is 31.9 Å². The third-order valence-corrected chi connectivity index (χ3v) is 1.97. The van der Waals surface area contributed by atoms with Crippen LogP contribution in [0.3, 0.4) is 0 Å². The Kier molecular flexibility index (Phi) is 3.49. The molecule has 0 radical (unpaired) electrons. The van der Waals surface area contributed by atoms with E-state index < -0.39 is 12.1 Å². The van der Waals surface area contributed by atoms with Crippen molar-refractivity contribution in [3.63, 3.8) is 0 Å². The molecule has 1 rings (SSSR count). The number of ether oxygens (including phenoxy) is 1. The number of aliphatic hydroxyl groups is 1. The van der Waals surface area contributed by atoms with Gasteiger partial charge in [-0.25, -0.2) is 0 Å². The van der Waals surface area contributed by atoms with Crippen molar-refractivity contribution >= 4 is 5.97 Å². The molecule has 12 heavy (non-hydrogen) atoms. The summed E-state index contributed by atoms with van der Waals surface area (Å²) in [4.78, 5) is 11.2. The second-order valence-electron chi connectivity index (χ2n) is 2.89. The number of carbonyl (C=O) groups is 1. The molecule has 0 aromatic heterocycles. The quantitative estimate of drug-likeness (QED) is 0.561. The first-order valence-electron chi connectivity index (χ1n) is 4.33. The van der Waals surface area contributed by atoms with Gasteiger partial charge in [-0.05, 0) is 26.3 Å². The molecular weight excluding hydrogens is 158 g/mol. The fourth-order valence-corrected chi connectivity index (χ4v) is 1.34. The summed E-state index contributed by atoms with van der Waals surface area (Å²) in [5.74, 6) is -0.343. The van der Waals surface area contributed by atoms with Crippen LogP contribution in [-0.2, 0) is 9.53 Å². The lowest BCUT2D eigenvalue weighted by Gasteiger charge is -2.26. The number of hydrogen-bond donors (Lipinski definition) is 2. The highest BCUT2D eigenvalue weighted by molar-refractivity contribution is 5.76. The number of nitrogens with one attached hydrogen (secondary N) is 1. The lowest BCUT2D eigenvalue weighted by molar-refractivity contribution is -0.149. The first-order valence-corrected chi connectivity index (χ1v) is 4.33. The zero-order valence-corrected chi connectivity index (χ0v) is 7.25. The molecule has 4 heteroatoms. The van der Waals surface area contributed by atoms with E-state index in [1.807, 2.05) is 0 Å². The van der Waals surface area contributed by atoms with Crippen molar-refractivity contribution in [2.24, 2.45) is 0 Å². The molecular formula is C8H15NO3. The van der Waals surface area contributed by atoms with Crippen LogP contribution in [0.1, 0.15) is 19.8 Å². The third kappa shape index (κ3) is 2.19. The minimum absolute atomic E-state index is 0.343. The predicted molar refractivity (Wildman–Crippen MR) is 43.7 cm³/mol. The van der Waals surface area contributed by atoms with E-state index in [2.05, 4.69) is 5.32 Å². The number of piperidine rings is 1. The molecule has 0 amide bonds. The summed E-state index contributed by atoms with van der Waals surface area (Å²) < 4.78 is 4.79. The molecule has 1 aliphatic rings. The zero-order chi connectivity index (χ0) is 8.97. The highest BCUT2D eigenvalue weighted by Crippen LogP contribution is 2.09. The van der Waals surface area contributed by atoms with E-state index >= 15 is 0 Å². The number of esters is 1. The Morgan fingerprint density at radius 1 is 1.75 bits per heavy atom. The molecule has 0 saturated carbocycles. The van der Waals surface area contributed by atoms with Gasteiger partial charge in [0, 0.05) is 0 Å². The van der Waals surface area contributed by atoms with Gasteiger partial charge in [0.05, 0.1) is 12.7 Å². The van der Waals surface area contributed by atoms with E-state index in [1.54, 1.807) is 6.92 Å². The van der Waals surface area contributed by atoms with Crippen molar-refractivity contribution in [2.75, 3.05) is 13.2 Å². The molecule has 2 N–H and O–H groups in total. The summed E-state index contributed by atoms with van der Waals surface area (Å²) in [6.07, 6.45) is 1.01. The van der Waals surface area contributed by atoms with Crippen LogP contribution >= 0.6 is 0 Å². The van der Waals surface area contributed by atoms with Crippen LogP contribution in [0.15, 0.2) is 0 Å². The molecule has 1 aliphatic heterocycles. The van der Waals surface area contributed by atoms with Gasteiger partial charge >= 0.3 is 5.97 Å². The summed E-state index contributed by atoms with van der Waals surface area (Å²) in [5.41, 5.74) is 0. The maximum absolute atomic E-state index is 11.2. The Labute approximate surface area is 71.9 Å². The number of carbonyl (C=O) groups excluding carboxylic acids is 1. The van der Waals surface area contributed by atoms with Crippen molar-refractivity contribution in [3.05, 3.63) is 0 Å². The molecule has 0 aliphatic carbocycles. The van der Waals surface area contributed by atoms with E-state index in [1.165, 1.54) is 0 Å². The molecule has 0 aromatic rings. The predicted octanol–water partition coefficient (Wildman–Crippen LogP) is -0.338. The first kappa shape index (κ1) is 9.48. The van der Waals surface area contributed by atoms with Crippen LogP contribution in [0.4, 0.5) is 0 Å². The molecule has 4 nitrogen and oxygen atoms in total. The van der Waals surface area contributed by atoms with E-state index in [-0.39, 0.29) is 5.97 Å². The molecule has 0 aromatic carbocycles. The summed E-state index contributed by atoms with van der Waals surface area (Å²) in [7, 11) is 0. The minimum atomic E-state index is -0.585. The van der Waals surface area contributed by atoms with Crippen LogP contribution in [0.5, 0.6) is 0 Å². The molecule has 2 atom stereocenters. The summed E-state index contributed by atoms with van der Waals surface area (Å²) in [6, 6.07) is -0.515. The first-order chi connectivity index (χ1) is 5.75. The van der Waals surface area contributed by atoms with E-state index in [4.69, 9.17) is 4.74 Å².